The highest BCUT2D eigenvalue weighted by Crippen LogP contribution is 2.29. The van der Waals surface area contributed by atoms with E-state index < -0.39 is 6.61 Å². The molecule has 0 aliphatic carbocycles. The number of ketones is 1. The fraction of sp³-hybridized carbons (Fsp3) is 0.133. The molecule has 0 unspecified atom stereocenters. The quantitative estimate of drug-likeness (QED) is 0.591. The molecule has 0 saturated carbocycles. The zero-order chi connectivity index (χ0) is 15.2. The molecule has 1 aromatic heterocycles. The molecule has 1 heterocycles. The zero-order valence-electron chi connectivity index (χ0n) is 11.1. The number of carbonyl (C=O) groups is 1. The van der Waals surface area contributed by atoms with Gasteiger partial charge in [-0.2, -0.15) is 8.78 Å². The van der Waals surface area contributed by atoms with Crippen LogP contribution < -0.4 is 9.47 Å². The zero-order valence-corrected chi connectivity index (χ0v) is 11.9. The Hall–Kier alpha value is -2.21. The number of rotatable bonds is 6. The molecule has 0 atom stereocenters. The van der Waals surface area contributed by atoms with Crippen molar-refractivity contribution in [2.45, 2.75) is 6.61 Å². The molecule has 2 rings (SSSR count). The second-order valence-electron chi connectivity index (χ2n) is 3.96. The summed E-state index contributed by atoms with van der Waals surface area (Å²) >= 11 is 1.51. The predicted molar refractivity (Wildman–Crippen MR) is 77.3 cm³/mol. The van der Waals surface area contributed by atoms with Gasteiger partial charge in [0.15, 0.2) is 17.3 Å². The Morgan fingerprint density at radius 3 is 2.71 bits per heavy atom. The molecule has 0 amide bonds. The average Bonchev–Trinajstić information content (AvgIpc) is 2.98. The maximum Gasteiger partial charge on any atom is 0.387 e. The summed E-state index contributed by atoms with van der Waals surface area (Å²) in [6.45, 7) is -2.95. The Labute approximate surface area is 124 Å². The summed E-state index contributed by atoms with van der Waals surface area (Å²) < 4.78 is 33.7. The summed E-state index contributed by atoms with van der Waals surface area (Å²) in [5.74, 6) is -0.262. The molecule has 6 heteroatoms. The summed E-state index contributed by atoms with van der Waals surface area (Å²) in [4.78, 5) is 13.0. The molecular formula is C15H12F2O3S. The third-order valence-electron chi connectivity index (χ3n) is 2.61. The van der Waals surface area contributed by atoms with E-state index in [1.165, 1.54) is 42.7 Å². The van der Waals surface area contributed by atoms with Crippen LogP contribution >= 0.6 is 11.3 Å². The van der Waals surface area contributed by atoms with Crippen molar-refractivity contribution in [2.75, 3.05) is 7.11 Å². The van der Waals surface area contributed by atoms with Gasteiger partial charge in [-0.3, -0.25) is 4.79 Å². The van der Waals surface area contributed by atoms with Crippen LogP contribution in [0.2, 0.25) is 0 Å². The monoisotopic (exact) mass is 310 g/mol. The number of alkyl halides is 2. The van der Waals surface area contributed by atoms with E-state index in [0.717, 1.165) is 4.88 Å². The highest BCUT2D eigenvalue weighted by molar-refractivity contribution is 7.10. The van der Waals surface area contributed by atoms with E-state index in [9.17, 15) is 13.6 Å². The first kappa shape index (κ1) is 15.2. The number of ether oxygens (including phenoxy) is 2. The first-order valence-corrected chi connectivity index (χ1v) is 6.87. The third-order valence-corrected chi connectivity index (χ3v) is 3.44. The largest absolute Gasteiger partial charge is 0.493 e. The van der Waals surface area contributed by atoms with Crippen LogP contribution in [0, 0.1) is 0 Å². The minimum atomic E-state index is -2.95. The maximum absolute atomic E-state index is 12.2. The van der Waals surface area contributed by atoms with Gasteiger partial charge < -0.3 is 9.47 Å². The fourth-order valence-corrected chi connectivity index (χ4v) is 2.27. The van der Waals surface area contributed by atoms with Crippen LogP contribution in [-0.2, 0) is 0 Å². The lowest BCUT2D eigenvalue weighted by Crippen LogP contribution is -2.04. The summed E-state index contributed by atoms with van der Waals surface area (Å²) in [7, 11) is 1.32. The molecule has 3 nitrogen and oxygen atoms in total. The van der Waals surface area contributed by atoms with Crippen LogP contribution in [0.5, 0.6) is 11.5 Å². The molecule has 0 fully saturated rings. The van der Waals surface area contributed by atoms with Crippen molar-refractivity contribution in [1.82, 2.24) is 0 Å². The minimum Gasteiger partial charge on any atom is -0.493 e. The average molecular weight is 310 g/mol. The molecular weight excluding hydrogens is 298 g/mol. The van der Waals surface area contributed by atoms with E-state index in [0.29, 0.717) is 5.56 Å². The van der Waals surface area contributed by atoms with Crippen LogP contribution in [0.15, 0.2) is 41.8 Å². The Kier molecular flexibility index (Phi) is 5.05. The van der Waals surface area contributed by atoms with E-state index in [1.54, 1.807) is 6.08 Å². The Morgan fingerprint density at radius 1 is 1.29 bits per heavy atom. The van der Waals surface area contributed by atoms with Crippen LogP contribution in [0.4, 0.5) is 8.78 Å². The number of hydrogen-bond donors (Lipinski definition) is 0. The second kappa shape index (κ2) is 6.99. The number of halogens is 2. The number of hydrogen-bond acceptors (Lipinski definition) is 4. The fourth-order valence-electron chi connectivity index (χ4n) is 1.65. The normalized spacial score (nSPS) is 11.0. The SMILES string of the molecule is COc1cc(C(=O)/C=C/c2cccs2)ccc1OC(F)F. The third kappa shape index (κ3) is 4.13. The van der Waals surface area contributed by atoms with E-state index >= 15 is 0 Å². The summed E-state index contributed by atoms with van der Waals surface area (Å²) in [6, 6.07) is 7.85. The lowest BCUT2D eigenvalue weighted by molar-refractivity contribution is -0.0512. The van der Waals surface area contributed by atoms with Crippen molar-refractivity contribution in [1.29, 1.82) is 0 Å². The predicted octanol–water partition coefficient (Wildman–Crippen LogP) is 4.25. The van der Waals surface area contributed by atoms with Gasteiger partial charge in [0.05, 0.1) is 7.11 Å². The minimum absolute atomic E-state index is 0.0886. The Morgan fingerprint density at radius 2 is 2.10 bits per heavy atom. The first-order chi connectivity index (χ1) is 10.1. The van der Waals surface area contributed by atoms with Crippen molar-refractivity contribution < 1.29 is 23.0 Å². The molecule has 2 aromatic rings. The van der Waals surface area contributed by atoms with Gasteiger partial charge in [-0.05, 0) is 41.8 Å². The molecule has 0 saturated heterocycles. The van der Waals surface area contributed by atoms with Gasteiger partial charge in [0.2, 0.25) is 0 Å². The molecule has 21 heavy (non-hydrogen) atoms. The highest BCUT2D eigenvalue weighted by Gasteiger charge is 2.13. The van der Waals surface area contributed by atoms with Gasteiger partial charge in [-0.25, -0.2) is 0 Å². The maximum atomic E-state index is 12.2. The highest BCUT2D eigenvalue weighted by atomic mass is 32.1. The molecule has 0 radical (unpaired) electrons. The topological polar surface area (TPSA) is 35.5 Å². The van der Waals surface area contributed by atoms with Crippen molar-refractivity contribution in [3.05, 3.63) is 52.2 Å². The van der Waals surface area contributed by atoms with E-state index in [4.69, 9.17) is 4.74 Å². The van der Waals surface area contributed by atoms with Gasteiger partial charge in [-0.1, -0.05) is 6.07 Å². The lowest BCUT2D eigenvalue weighted by atomic mass is 10.1. The van der Waals surface area contributed by atoms with Crippen molar-refractivity contribution in [3.8, 4) is 11.5 Å². The number of allylic oxidation sites excluding steroid dienone is 1. The summed E-state index contributed by atoms with van der Waals surface area (Å²) in [6.07, 6.45) is 3.12. The van der Waals surface area contributed by atoms with Crippen LogP contribution in [0.1, 0.15) is 15.2 Å². The summed E-state index contributed by atoms with van der Waals surface area (Å²) in [5.41, 5.74) is 0.335. The Bertz CT molecular complexity index is 636. The van der Waals surface area contributed by atoms with E-state index in [2.05, 4.69) is 4.74 Å². The van der Waals surface area contributed by atoms with Crippen molar-refractivity contribution >= 4 is 23.2 Å². The van der Waals surface area contributed by atoms with Crippen molar-refractivity contribution in [2.24, 2.45) is 0 Å². The van der Waals surface area contributed by atoms with Crippen LogP contribution in [0.25, 0.3) is 6.08 Å². The van der Waals surface area contributed by atoms with Gasteiger partial charge in [0.1, 0.15) is 0 Å². The van der Waals surface area contributed by atoms with Gasteiger partial charge in [0.25, 0.3) is 0 Å². The molecule has 0 N–H and O–H groups in total. The van der Waals surface area contributed by atoms with Crippen molar-refractivity contribution in [3.63, 3.8) is 0 Å². The summed E-state index contributed by atoms with van der Waals surface area (Å²) in [5, 5.41) is 1.91. The van der Waals surface area contributed by atoms with Gasteiger partial charge in [-0.15, -0.1) is 11.3 Å². The molecule has 1 aromatic carbocycles. The van der Waals surface area contributed by atoms with E-state index in [-0.39, 0.29) is 17.3 Å². The smallest absolute Gasteiger partial charge is 0.387 e. The van der Waals surface area contributed by atoms with Crippen LogP contribution in [0.3, 0.4) is 0 Å². The lowest BCUT2D eigenvalue weighted by Gasteiger charge is -2.10. The molecule has 110 valence electrons. The molecule has 0 spiro atoms. The molecule has 0 bridgehead atoms. The van der Waals surface area contributed by atoms with Gasteiger partial charge >= 0.3 is 6.61 Å². The number of thiophene rings is 1. The Balaban J connectivity index is 2.18. The second-order valence-corrected chi connectivity index (χ2v) is 4.94. The van der Waals surface area contributed by atoms with E-state index in [1.807, 2.05) is 17.5 Å². The van der Waals surface area contributed by atoms with Crippen LogP contribution in [-0.4, -0.2) is 19.5 Å². The van der Waals surface area contributed by atoms with Gasteiger partial charge in [0, 0.05) is 10.4 Å². The standard InChI is InChI=1S/C15H12F2O3S/c1-19-14-9-10(4-7-13(14)20-15(16)17)12(18)6-5-11-3-2-8-21-11/h2-9,15H,1H3/b6-5+. The number of methoxy groups -OCH3 is 1. The molecule has 0 aliphatic rings. The number of benzene rings is 1. The number of carbonyl (C=O) groups excluding carboxylic acids is 1. The molecule has 0 aliphatic heterocycles. The first-order valence-electron chi connectivity index (χ1n) is 5.99.